The van der Waals surface area contributed by atoms with E-state index in [1.165, 1.54) is 13.0 Å². The van der Waals surface area contributed by atoms with Gasteiger partial charge in [-0.05, 0) is 24.1 Å². The van der Waals surface area contributed by atoms with Crippen LogP contribution in [0.3, 0.4) is 0 Å². The normalized spacial score (nSPS) is 10.9. The minimum atomic E-state index is -2.77. The summed E-state index contributed by atoms with van der Waals surface area (Å²) in [5.41, 5.74) is 5.50. The van der Waals surface area contributed by atoms with Gasteiger partial charge in [-0.25, -0.2) is 13.2 Å². The van der Waals surface area contributed by atoms with E-state index in [1.54, 1.807) is 0 Å². The molecule has 0 saturated carbocycles. The van der Waals surface area contributed by atoms with Crippen LogP contribution in [0.2, 0.25) is 0 Å². The highest BCUT2D eigenvalue weighted by Crippen LogP contribution is 2.26. The number of rotatable bonds is 2. The zero-order valence-electron chi connectivity index (χ0n) is 7.15. The van der Waals surface area contributed by atoms with Gasteiger partial charge in [0.2, 0.25) is 0 Å². The van der Waals surface area contributed by atoms with Crippen LogP contribution in [-0.2, 0) is 6.54 Å². The number of nitrogens with two attached hydrogens (primary N) is 1. The Morgan fingerprint density at radius 2 is 2.00 bits per heavy atom. The van der Waals surface area contributed by atoms with Crippen molar-refractivity contribution >= 4 is 0 Å². The molecule has 1 rings (SSSR count). The summed E-state index contributed by atoms with van der Waals surface area (Å²) < 4.78 is 37.5. The first-order valence-electron chi connectivity index (χ1n) is 3.83. The summed E-state index contributed by atoms with van der Waals surface area (Å²) >= 11 is 0. The highest BCUT2D eigenvalue weighted by molar-refractivity contribution is 5.33. The highest BCUT2D eigenvalue weighted by Gasteiger charge is 2.16. The van der Waals surface area contributed by atoms with Crippen LogP contribution in [0.25, 0.3) is 0 Å². The monoisotopic (exact) mass is 189 g/mol. The van der Waals surface area contributed by atoms with Gasteiger partial charge in [0.05, 0.1) is 5.56 Å². The van der Waals surface area contributed by atoms with E-state index in [0.717, 1.165) is 6.07 Å². The van der Waals surface area contributed by atoms with Crippen molar-refractivity contribution in [3.8, 4) is 0 Å². The second kappa shape index (κ2) is 3.79. The number of alkyl halides is 2. The second-order valence-electron chi connectivity index (χ2n) is 2.81. The van der Waals surface area contributed by atoms with Gasteiger partial charge in [-0.15, -0.1) is 0 Å². The SMILES string of the molecule is Cc1cc(CN)cc(F)c1C(F)F. The largest absolute Gasteiger partial charge is 0.326 e. The molecule has 1 aromatic carbocycles. The van der Waals surface area contributed by atoms with Crippen molar-refractivity contribution in [1.29, 1.82) is 0 Å². The molecule has 0 spiro atoms. The molecule has 0 fully saturated rings. The van der Waals surface area contributed by atoms with Gasteiger partial charge in [0, 0.05) is 6.54 Å². The Labute approximate surface area is 74.4 Å². The average molecular weight is 189 g/mol. The Kier molecular flexibility index (Phi) is 2.93. The van der Waals surface area contributed by atoms with Crippen LogP contribution in [-0.4, -0.2) is 0 Å². The average Bonchev–Trinajstić information content (AvgIpc) is 2.02. The molecule has 0 saturated heterocycles. The lowest BCUT2D eigenvalue weighted by Crippen LogP contribution is -2.02. The van der Waals surface area contributed by atoms with Crippen LogP contribution in [0.1, 0.15) is 23.1 Å². The number of benzene rings is 1. The van der Waals surface area contributed by atoms with Crippen molar-refractivity contribution in [1.82, 2.24) is 0 Å². The second-order valence-corrected chi connectivity index (χ2v) is 2.81. The van der Waals surface area contributed by atoms with Gasteiger partial charge >= 0.3 is 0 Å². The van der Waals surface area contributed by atoms with E-state index < -0.39 is 17.8 Å². The van der Waals surface area contributed by atoms with Gasteiger partial charge < -0.3 is 5.73 Å². The maximum absolute atomic E-state index is 13.0. The summed E-state index contributed by atoms with van der Waals surface area (Å²) in [5, 5.41) is 0. The number of halogens is 3. The number of hydrogen-bond donors (Lipinski definition) is 1. The van der Waals surface area contributed by atoms with Gasteiger partial charge in [-0.1, -0.05) is 6.07 Å². The van der Waals surface area contributed by atoms with E-state index in [9.17, 15) is 13.2 Å². The minimum Gasteiger partial charge on any atom is -0.326 e. The molecule has 0 heterocycles. The molecular weight excluding hydrogens is 179 g/mol. The van der Waals surface area contributed by atoms with Gasteiger partial charge in [-0.2, -0.15) is 0 Å². The lowest BCUT2D eigenvalue weighted by atomic mass is 10.0. The fourth-order valence-corrected chi connectivity index (χ4v) is 1.22. The molecule has 0 atom stereocenters. The molecule has 1 aromatic rings. The van der Waals surface area contributed by atoms with Crippen molar-refractivity contribution in [2.75, 3.05) is 0 Å². The highest BCUT2D eigenvalue weighted by atomic mass is 19.3. The molecule has 0 unspecified atom stereocenters. The van der Waals surface area contributed by atoms with Crippen LogP contribution >= 0.6 is 0 Å². The smallest absolute Gasteiger partial charge is 0.266 e. The molecule has 0 aliphatic rings. The van der Waals surface area contributed by atoms with Crippen LogP contribution in [0, 0.1) is 12.7 Å². The Bertz CT molecular complexity index is 287. The molecule has 0 amide bonds. The van der Waals surface area contributed by atoms with Crippen LogP contribution in [0.15, 0.2) is 12.1 Å². The van der Waals surface area contributed by atoms with Crippen molar-refractivity contribution in [2.24, 2.45) is 5.73 Å². The lowest BCUT2D eigenvalue weighted by molar-refractivity contribution is 0.145. The van der Waals surface area contributed by atoms with E-state index in [0.29, 0.717) is 5.56 Å². The van der Waals surface area contributed by atoms with Crippen molar-refractivity contribution in [3.63, 3.8) is 0 Å². The third-order valence-electron chi connectivity index (χ3n) is 1.85. The van der Waals surface area contributed by atoms with Crippen LogP contribution < -0.4 is 5.73 Å². The standard InChI is InChI=1S/C9H10F3N/c1-5-2-6(4-13)3-7(10)8(5)9(11)12/h2-3,9H,4,13H2,1H3. The molecule has 0 aliphatic carbocycles. The summed E-state index contributed by atoms with van der Waals surface area (Å²) in [6, 6.07) is 2.53. The molecule has 13 heavy (non-hydrogen) atoms. The molecule has 0 radical (unpaired) electrons. The van der Waals surface area contributed by atoms with Crippen LogP contribution in [0.5, 0.6) is 0 Å². The first kappa shape index (κ1) is 10.1. The number of hydrogen-bond acceptors (Lipinski definition) is 1. The zero-order chi connectivity index (χ0) is 10.0. The van der Waals surface area contributed by atoms with E-state index in [2.05, 4.69) is 0 Å². The third-order valence-corrected chi connectivity index (χ3v) is 1.85. The van der Waals surface area contributed by atoms with Gasteiger partial charge in [0.15, 0.2) is 0 Å². The maximum Gasteiger partial charge on any atom is 0.266 e. The molecule has 4 heteroatoms. The van der Waals surface area contributed by atoms with Gasteiger partial charge in [0.1, 0.15) is 5.82 Å². The summed E-state index contributed by atoms with van der Waals surface area (Å²) in [4.78, 5) is 0. The summed E-state index contributed by atoms with van der Waals surface area (Å²) in [7, 11) is 0. The summed E-state index contributed by atoms with van der Waals surface area (Å²) in [6.07, 6.45) is -2.77. The molecule has 0 aliphatic heterocycles. The van der Waals surface area contributed by atoms with Gasteiger partial charge in [0.25, 0.3) is 6.43 Å². The molecule has 72 valence electrons. The van der Waals surface area contributed by atoms with E-state index in [1.807, 2.05) is 0 Å². The fraction of sp³-hybridized carbons (Fsp3) is 0.333. The van der Waals surface area contributed by atoms with E-state index in [-0.39, 0.29) is 12.1 Å². The van der Waals surface area contributed by atoms with E-state index >= 15 is 0 Å². The maximum atomic E-state index is 13.0. The van der Waals surface area contributed by atoms with Crippen molar-refractivity contribution in [2.45, 2.75) is 19.9 Å². The Morgan fingerprint density at radius 1 is 1.38 bits per heavy atom. The van der Waals surface area contributed by atoms with Crippen molar-refractivity contribution < 1.29 is 13.2 Å². The topological polar surface area (TPSA) is 26.0 Å². The quantitative estimate of drug-likeness (QED) is 0.760. The van der Waals surface area contributed by atoms with Gasteiger partial charge in [-0.3, -0.25) is 0 Å². The number of aryl methyl sites for hydroxylation is 1. The van der Waals surface area contributed by atoms with Crippen molar-refractivity contribution in [3.05, 3.63) is 34.6 Å². The Balaban J connectivity index is 3.23. The molecule has 1 nitrogen and oxygen atoms in total. The Morgan fingerprint density at radius 3 is 2.38 bits per heavy atom. The first-order valence-corrected chi connectivity index (χ1v) is 3.83. The zero-order valence-corrected chi connectivity index (χ0v) is 7.15. The molecule has 0 aromatic heterocycles. The predicted octanol–water partition coefficient (Wildman–Crippen LogP) is 2.53. The summed E-state index contributed by atoms with van der Waals surface area (Å²) in [5.74, 6) is -0.879. The first-order chi connectivity index (χ1) is 6.06. The van der Waals surface area contributed by atoms with Crippen LogP contribution in [0.4, 0.5) is 13.2 Å². The third kappa shape index (κ3) is 2.01. The predicted molar refractivity (Wildman–Crippen MR) is 44.0 cm³/mol. The molecule has 0 bridgehead atoms. The fourth-order valence-electron chi connectivity index (χ4n) is 1.22. The minimum absolute atomic E-state index is 0.154. The van der Waals surface area contributed by atoms with E-state index in [4.69, 9.17) is 5.73 Å². The molecule has 2 N–H and O–H groups in total. The Hall–Kier alpha value is -1.03. The summed E-state index contributed by atoms with van der Waals surface area (Å²) in [6.45, 7) is 1.60. The lowest BCUT2D eigenvalue weighted by Gasteiger charge is -2.08. The molecular formula is C9H10F3N.